The Kier molecular flexibility index (Phi) is 5.22. The third kappa shape index (κ3) is 3.15. The van der Waals surface area contributed by atoms with Crippen LogP contribution in [0.4, 0.5) is 0 Å². The molecule has 2 heterocycles. The Morgan fingerprint density at radius 2 is 2.11 bits per heavy atom. The smallest absolute Gasteiger partial charge is 0.195 e. The molecule has 0 aliphatic carbocycles. The molecule has 0 aromatic rings. The second-order valence-corrected chi connectivity index (χ2v) is 8.70. The highest BCUT2D eigenvalue weighted by molar-refractivity contribution is 8.00. The SMILES string of the molecule is CC1CN(S(=O)(=O)N2CCCCC2CCl)CCS1. The van der Waals surface area contributed by atoms with Crippen molar-refractivity contribution in [3.05, 3.63) is 0 Å². The summed E-state index contributed by atoms with van der Waals surface area (Å²) in [6, 6.07) is -0.0182. The first-order chi connectivity index (χ1) is 8.55. The van der Waals surface area contributed by atoms with Gasteiger partial charge in [-0.25, -0.2) is 0 Å². The predicted octanol–water partition coefficient (Wildman–Crippen LogP) is 1.76. The predicted molar refractivity (Wildman–Crippen MR) is 77.5 cm³/mol. The van der Waals surface area contributed by atoms with Gasteiger partial charge in [0.2, 0.25) is 0 Å². The van der Waals surface area contributed by atoms with Gasteiger partial charge in [0.05, 0.1) is 0 Å². The summed E-state index contributed by atoms with van der Waals surface area (Å²) in [6.45, 7) is 3.96. The van der Waals surface area contributed by atoms with E-state index in [1.807, 2.05) is 11.8 Å². The Hall–Kier alpha value is 0.510. The van der Waals surface area contributed by atoms with E-state index in [0.717, 1.165) is 25.0 Å². The summed E-state index contributed by atoms with van der Waals surface area (Å²) in [6.07, 6.45) is 2.92. The van der Waals surface area contributed by atoms with E-state index >= 15 is 0 Å². The normalized spacial score (nSPS) is 32.6. The van der Waals surface area contributed by atoms with Gasteiger partial charge in [-0.05, 0) is 12.8 Å². The van der Waals surface area contributed by atoms with Gasteiger partial charge in [0, 0.05) is 42.6 Å². The van der Waals surface area contributed by atoms with E-state index in [2.05, 4.69) is 6.92 Å². The van der Waals surface area contributed by atoms with Gasteiger partial charge in [0.15, 0.2) is 0 Å². The molecule has 2 fully saturated rings. The molecule has 0 N–H and O–H groups in total. The molecular weight excluding hydrogens is 292 g/mol. The van der Waals surface area contributed by atoms with Crippen molar-refractivity contribution in [1.82, 2.24) is 8.61 Å². The fourth-order valence-electron chi connectivity index (χ4n) is 2.58. The van der Waals surface area contributed by atoms with Gasteiger partial charge in [0.25, 0.3) is 10.2 Å². The minimum Gasteiger partial charge on any atom is -0.195 e. The zero-order valence-electron chi connectivity index (χ0n) is 10.7. The second kappa shape index (κ2) is 6.31. The van der Waals surface area contributed by atoms with E-state index in [9.17, 15) is 8.42 Å². The molecule has 0 bridgehead atoms. The number of rotatable bonds is 3. The van der Waals surface area contributed by atoms with Crippen molar-refractivity contribution in [3.8, 4) is 0 Å². The third-order valence-corrected chi connectivity index (χ3v) is 7.13. The summed E-state index contributed by atoms with van der Waals surface area (Å²) < 4.78 is 28.5. The summed E-state index contributed by atoms with van der Waals surface area (Å²) in [5, 5.41) is 0.382. The number of hydrogen-bond acceptors (Lipinski definition) is 3. The molecule has 106 valence electrons. The van der Waals surface area contributed by atoms with Crippen LogP contribution in [-0.4, -0.2) is 59.6 Å². The summed E-state index contributed by atoms with van der Waals surface area (Å²) in [5.74, 6) is 1.29. The lowest BCUT2D eigenvalue weighted by Gasteiger charge is -2.39. The highest BCUT2D eigenvalue weighted by Gasteiger charge is 2.37. The molecule has 2 unspecified atom stereocenters. The van der Waals surface area contributed by atoms with E-state index in [4.69, 9.17) is 11.6 Å². The number of nitrogens with zero attached hydrogens (tertiary/aromatic N) is 2. The number of thioether (sulfide) groups is 1. The Morgan fingerprint density at radius 1 is 1.33 bits per heavy atom. The minimum atomic E-state index is -3.31. The van der Waals surface area contributed by atoms with Gasteiger partial charge in [0.1, 0.15) is 0 Å². The summed E-state index contributed by atoms with van der Waals surface area (Å²) in [7, 11) is -3.31. The van der Waals surface area contributed by atoms with Crippen LogP contribution in [0.5, 0.6) is 0 Å². The fraction of sp³-hybridized carbons (Fsp3) is 1.00. The first kappa shape index (κ1) is 14.9. The van der Waals surface area contributed by atoms with Crippen molar-refractivity contribution < 1.29 is 8.42 Å². The maximum atomic E-state index is 12.6. The quantitative estimate of drug-likeness (QED) is 0.746. The average molecular weight is 313 g/mol. The van der Waals surface area contributed by atoms with E-state index in [1.165, 1.54) is 0 Å². The van der Waals surface area contributed by atoms with Crippen molar-refractivity contribution in [3.63, 3.8) is 0 Å². The lowest BCUT2D eigenvalue weighted by molar-refractivity contribution is 0.247. The Balaban J connectivity index is 2.13. The van der Waals surface area contributed by atoms with Crippen molar-refractivity contribution in [2.45, 2.75) is 37.5 Å². The molecule has 2 rings (SSSR count). The molecule has 0 aromatic heterocycles. The third-order valence-electron chi connectivity index (χ3n) is 3.58. The van der Waals surface area contributed by atoms with Crippen LogP contribution < -0.4 is 0 Å². The topological polar surface area (TPSA) is 40.6 Å². The van der Waals surface area contributed by atoms with Crippen molar-refractivity contribution in [2.24, 2.45) is 0 Å². The van der Waals surface area contributed by atoms with Crippen LogP contribution in [0.3, 0.4) is 0 Å². The molecule has 2 atom stereocenters. The molecule has 0 spiro atoms. The van der Waals surface area contributed by atoms with Gasteiger partial charge < -0.3 is 0 Å². The van der Waals surface area contributed by atoms with Gasteiger partial charge in [-0.1, -0.05) is 13.3 Å². The molecule has 18 heavy (non-hydrogen) atoms. The van der Waals surface area contributed by atoms with Crippen LogP contribution in [0.25, 0.3) is 0 Å². The molecule has 0 radical (unpaired) electrons. The maximum Gasteiger partial charge on any atom is 0.282 e. The van der Waals surface area contributed by atoms with Crippen LogP contribution in [0.2, 0.25) is 0 Å². The van der Waals surface area contributed by atoms with Crippen molar-refractivity contribution in [1.29, 1.82) is 0 Å². The van der Waals surface area contributed by atoms with Crippen molar-refractivity contribution >= 4 is 33.6 Å². The van der Waals surface area contributed by atoms with Crippen LogP contribution in [-0.2, 0) is 10.2 Å². The summed E-state index contributed by atoms with van der Waals surface area (Å²) in [4.78, 5) is 0. The summed E-state index contributed by atoms with van der Waals surface area (Å²) in [5.41, 5.74) is 0. The first-order valence-electron chi connectivity index (χ1n) is 6.50. The van der Waals surface area contributed by atoms with Crippen LogP contribution in [0, 0.1) is 0 Å². The maximum absolute atomic E-state index is 12.6. The average Bonchev–Trinajstić information content (AvgIpc) is 2.38. The molecule has 2 aliphatic heterocycles. The first-order valence-corrected chi connectivity index (χ1v) is 9.48. The highest BCUT2D eigenvalue weighted by Crippen LogP contribution is 2.27. The Morgan fingerprint density at radius 3 is 2.78 bits per heavy atom. The largest absolute Gasteiger partial charge is 0.282 e. The molecule has 2 saturated heterocycles. The van der Waals surface area contributed by atoms with E-state index in [1.54, 1.807) is 8.61 Å². The zero-order valence-corrected chi connectivity index (χ0v) is 13.1. The molecular formula is C11H21ClN2O2S2. The lowest BCUT2D eigenvalue weighted by atomic mass is 10.1. The molecule has 0 amide bonds. The van der Waals surface area contributed by atoms with Crippen LogP contribution in [0.1, 0.15) is 26.2 Å². The second-order valence-electron chi connectivity index (χ2n) is 4.96. The van der Waals surface area contributed by atoms with E-state index < -0.39 is 10.2 Å². The number of hydrogen-bond donors (Lipinski definition) is 0. The molecule has 0 saturated carbocycles. The number of alkyl halides is 1. The number of halogens is 1. The standard InChI is InChI=1S/C11H21ClN2O2S2/c1-10-9-13(6-7-17-10)18(15,16)14-5-3-2-4-11(14)8-12/h10-11H,2-9H2,1H3. The lowest BCUT2D eigenvalue weighted by Crippen LogP contribution is -2.53. The van der Waals surface area contributed by atoms with Crippen molar-refractivity contribution in [2.75, 3.05) is 31.3 Å². The molecule has 0 aromatic carbocycles. The molecule has 2 aliphatic rings. The Bertz CT molecular complexity index is 377. The van der Waals surface area contributed by atoms with E-state index in [0.29, 0.717) is 30.8 Å². The summed E-state index contributed by atoms with van der Waals surface area (Å²) >= 11 is 7.76. The Labute approximate surface area is 119 Å². The molecule has 7 heteroatoms. The van der Waals surface area contributed by atoms with Gasteiger partial charge in [-0.15, -0.1) is 11.6 Å². The zero-order chi connectivity index (χ0) is 13.2. The monoisotopic (exact) mass is 312 g/mol. The van der Waals surface area contributed by atoms with E-state index in [-0.39, 0.29) is 6.04 Å². The van der Waals surface area contributed by atoms with Gasteiger partial charge >= 0.3 is 0 Å². The van der Waals surface area contributed by atoms with Crippen LogP contribution >= 0.6 is 23.4 Å². The minimum absolute atomic E-state index is 0.0182. The van der Waals surface area contributed by atoms with Gasteiger partial charge in [-0.2, -0.15) is 28.8 Å². The van der Waals surface area contributed by atoms with Gasteiger partial charge in [-0.3, -0.25) is 0 Å². The van der Waals surface area contributed by atoms with Crippen LogP contribution in [0.15, 0.2) is 0 Å². The molecule has 4 nitrogen and oxygen atoms in total. The number of piperidine rings is 1. The highest BCUT2D eigenvalue weighted by atomic mass is 35.5. The fourth-order valence-corrected chi connectivity index (χ4v) is 6.15.